The Balaban J connectivity index is 1.54. The smallest absolute Gasteiger partial charge is 0.225 e. The van der Waals surface area contributed by atoms with Gasteiger partial charge >= 0.3 is 0 Å². The third kappa shape index (κ3) is 5.46. The molecule has 0 saturated carbocycles. The lowest BCUT2D eigenvalue weighted by Gasteiger charge is -2.16. The highest BCUT2D eigenvalue weighted by Gasteiger charge is 2.19. The fourth-order valence-electron chi connectivity index (χ4n) is 3.57. The molecule has 34 heavy (non-hydrogen) atoms. The lowest BCUT2D eigenvalue weighted by Crippen LogP contribution is -2.12. The third-order valence-electron chi connectivity index (χ3n) is 5.29. The molecule has 1 amide bonds. The molecule has 0 spiro atoms. The standard InChI is InChI=1S/C26H27N5O2S/c1-18(2)22-8-4-5-9-23(22)31-25(19-7-6-15-27-17-19)29-30-26(31)34-16-14-24(32)28-20-10-12-21(33-3)13-11-20/h4-13,15,17-18H,14,16H2,1-3H3,(H,28,32). The van der Waals surface area contributed by atoms with E-state index in [1.54, 1.807) is 19.5 Å². The van der Waals surface area contributed by atoms with Crippen LogP contribution >= 0.6 is 11.8 Å². The van der Waals surface area contributed by atoms with Gasteiger partial charge in [0.05, 0.1) is 12.8 Å². The summed E-state index contributed by atoms with van der Waals surface area (Å²) in [6, 6.07) is 19.4. The summed E-state index contributed by atoms with van der Waals surface area (Å²) < 4.78 is 7.23. The Kier molecular flexibility index (Phi) is 7.59. The molecule has 0 saturated heterocycles. The van der Waals surface area contributed by atoms with Crippen molar-refractivity contribution >= 4 is 23.4 Å². The van der Waals surface area contributed by atoms with E-state index >= 15 is 0 Å². The number of para-hydroxylation sites is 1. The second-order valence-electron chi connectivity index (χ2n) is 7.97. The van der Waals surface area contributed by atoms with Crippen molar-refractivity contribution in [1.82, 2.24) is 19.7 Å². The minimum Gasteiger partial charge on any atom is -0.497 e. The summed E-state index contributed by atoms with van der Waals surface area (Å²) in [5, 5.41) is 12.6. The van der Waals surface area contributed by atoms with Gasteiger partial charge in [0.25, 0.3) is 0 Å². The molecule has 0 aliphatic heterocycles. The summed E-state index contributed by atoms with van der Waals surface area (Å²) in [5.41, 5.74) is 3.86. The van der Waals surface area contributed by atoms with Gasteiger partial charge in [-0.1, -0.05) is 43.8 Å². The number of benzene rings is 2. The van der Waals surface area contributed by atoms with Crippen LogP contribution in [-0.2, 0) is 4.79 Å². The molecule has 0 aliphatic carbocycles. The maximum absolute atomic E-state index is 12.5. The SMILES string of the molecule is COc1ccc(NC(=O)CCSc2nnc(-c3cccnc3)n2-c2ccccc2C(C)C)cc1. The average molecular weight is 474 g/mol. The number of nitrogens with one attached hydrogen (secondary N) is 1. The number of rotatable bonds is 9. The van der Waals surface area contributed by atoms with Gasteiger partial charge in [-0.3, -0.25) is 14.3 Å². The Hall–Kier alpha value is -3.65. The maximum Gasteiger partial charge on any atom is 0.225 e. The fraction of sp³-hybridized carbons (Fsp3) is 0.231. The summed E-state index contributed by atoms with van der Waals surface area (Å²) in [7, 11) is 1.61. The van der Waals surface area contributed by atoms with Gasteiger partial charge in [0, 0.05) is 35.8 Å². The largest absolute Gasteiger partial charge is 0.497 e. The van der Waals surface area contributed by atoms with Crippen LogP contribution in [0.4, 0.5) is 5.69 Å². The van der Waals surface area contributed by atoms with Crippen molar-refractivity contribution in [3.8, 4) is 22.8 Å². The zero-order valence-corrected chi connectivity index (χ0v) is 20.2. The summed E-state index contributed by atoms with van der Waals surface area (Å²) in [5.74, 6) is 2.31. The van der Waals surface area contributed by atoms with Crippen molar-refractivity contribution in [3.63, 3.8) is 0 Å². The Morgan fingerprint density at radius 2 is 1.85 bits per heavy atom. The van der Waals surface area contributed by atoms with Gasteiger partial charge in [0.15, 0.2) is 11.0 Å². The number of hydrogen-bond acceptors (Lipinski definition) is 6. The van der Waals surface area contributed by atoms with Gasteiger partial charge < -0.3 is 10.1 Å². The van der Waals surface area contributed by atoms with E-state index in [2.05, 4.69) is 51.0 Å². The van der Waals surface area contributed by atoms with E-state index in [0.717, 1.165) is 33.7 Å². The molecule has 0 bridgehead atoms. The minimum absolute atomic E-state index is 0.0567. The number of methoxy groups -OCH3 is 1. The molecular weight excluding hydrogens is 446 g/mol. The Morgan fingerprint density at radius 1 is 1.06 bits per heavy atom. The van der Waals surface area contributed by atoms with E-state index in [4.69, 9.17) is 4.74 Å². The van der Waals surface area contributed by atoms with E-state index in [0.29, 0.717) is 18.1 Å². The second-order valence-corrected chi connectivity index (χ2v) is 9.03. The van der Waals surface area contributed by atoms with E-state index in [1.165, 1.54) is 17.3 Å². The average Bonchev–Trinajstić information content (AvgIpc) is 3.28. The molecule has 2 aromatic carbocycles. The number of hydrogen-bond donors (Lipinski definition) is 1. The van der Waals surface area contributed by atoms with E-state index < -0.39 is 0 Å². The van der Waals surface area contributed by atoms with Crippen molar-refractivity contribution < 1.29 is 9.53 Å². The van der Waals surface area contributed by atoms with Crippen LogP contribution in [0, 0.1) is 0 Å². The van der Waals surface area contributed by atoms with E-state index in [9.17, 15) is 4.79 Å². The van der Waals surface area contributed by atoms with Crippen LogP contribution in [0.5, 0.6) is 5.75 Å². The van der Waals surface area contributed by atoms with Gasteiger partial charge in [-0.25, -0.2) is 0 Å². The van der Waals surface area contributed by atoms with Crippen molar-refractivity contribution in [2.45, 2.75) is 31.3 Å². The van der Waals surface area contributed by atoms with Crippen LogP contribution in [-0.4, -0.2) is 38.5 Å². The summed E-state index contributed by atoms with van der Waals surface area (Å²) in [6.45, 7) is 4.34. The molecule has 0 radical (unpaired) electrons. The Labute approximate surface area is 203 Å². The van der Waals surface area contributed by atoms with Crippen molar-refractivity contribution in [2.75, 3.05) is 18.2 Å². The molecule has 0 fully saturated rings. The number of amides is 1. The number of anilines is 1. The number of carbonyl (C=O) groups is 1. The molecule has 4 rings (SSSR count). The number of thioether (sulfide) groups is 1. The third-order valence-corrected chi connectivity index (χ3v) is 6.22. The van der Waals surface area contributed by atoms with Gasteiger partial charge in [-0.15, -0.1) is 10.2 Å². The van der Waals surface area contributed by atoms with E-state index in [-0.39, 0.29) is 5.91 Å². The zero-order chi connectivity index (χ0) is 23.9. The molecular formula is C26H27N5O2S. The molecule has 2 aromatic heterocycles. The zero-order valence-electron chi connectivity index (χ0n) is 19.4. The molecule has 2 heterocycles. The van der Waals surface area contributed by atoms with Crippen molar-refractivity contribution in [3.05, 3.63) is 78.6 Å². The highest BCUT2D eigenvalue weighted by atomic mass is 32.2. The van der Waals surface area contributed by atoms with Gasteiger partial charge in [-0.05, 0) is 53.9 Å². The first-order chi connectivity index (χ1) is 16.6. The summed E-state index contributed by atoms with van der Waals surface area (Å²) in [6.07, 6.45) is 3.87. The Bertz CT molecular complexity index is 1240. The molecule has 0 unspecified atom stereocenters. The molecule has 0 aliphatic rings. The van der Waals surface area contributed by atoms with E-state index in [1.807, 2.05) is 48.5 Å². The molecule has 7 nitrogen and oxygen atoms in total. The van der Waals surface area contributed by atoms with Crippen LogP contribution in [0.15, 0.2) is 78.2 Å². The van der Waals surface area contributed by atoms with Crippen LogP contribution in [0.2, 0.25) is 0 Å². The monoisotopic (exact) mass is 473 g/mol. The molecule has 174 valence electrons. The number of carbonyl (C=O) groups excluding carboxylic acids is 1. The lowest BCUT2D eigenvalue weighted by atomic mass is 10.0. The number of ether oxygens (including phenoxy) is 1. The first-order valence-electron chi connectivity index (χ1n) is 11.1. The predicted molar refractivity (Wildman–Crippen MR) is 136 cm³/mol. The predicted octanol–water partition coefficient (Wildman–Crippen LogP) is 5.58. The van der Waals surface area contributed by atoms with Gasteiger partial charge in [0.2, 0.25) is 5.91 Å². The quantitative estimate of drug-likeness (QED) is 0.320. The van der Waals surface area contributed by atoms with Crippen molar-refractivity contribution in [1.29, 1.82) is 0 Å². The highest BCUT2D eigenvalue weighted by Crippen LogP contribution is 2.32. The van der Waals surface area contributed by atoms with Gasteiger partial charge in [-0.2, -0.15) is 0 Å². The molecule has 4 aromatic rings. The second kappa shape index (κ2) is 11.0. The Morgan fingerprint density at radius 3 is 2.56 bits per heavy atom. The van der Waals surface area contributed by atoms with Crippen LogP contribution in [0.3, 0.4) is 0 Å². The van der Waals surface area contributed by atoms with Crippen LogP contribution in [0.1, 0.15) is 31.7 Å². The number of aromatic nitrogens is 4. The summed E-state index contributed by atoms with van der Waals surface area (Å²) >= 11 is 1.51. The normalized spacial score (nSPS) is 10.9. The van der Waals surface area contributed by atoms with Crippen LogP contribution in [0.25, 0.3) is 17.1 Å². The summed E-state index contributed by atoms with van der Waals surface area (Å²) in [4.78, 5) is 16.7. The van der Waals surface area contributed by atoms with Crippen molar-refractivity contribution in [2.24, 2.45) is 0 Å². The molecule has 0 atom stereocenters. The fourth-order valence-corrected chi connectivity index (χ4v) is 4.46. The van der Waals surface area contributed by atoms with Gasteiger partial charge in [0.1, 0.15) is 5.75 Å². The molecule has 1 N–H and O–H groups in total. The first-order valence-corrected chi connectivity index (χ1v) is 12.1. The number of pyridine rings is 1. The molecule has 8 heteroatoms. The first kappa shape index (κ1) is 23.5. The maximum atomic E-state index is 12.5. The van der Waals surface area contributed by atoms with Crippen LogP contribution < -0.4 is 10.1 Å². The highest BCUT2D eigenvalue weighted by molar-refractivity contribution is 7.99. The lowest BCUT2D eigenvalue weighted by molar-refractivity contribution is -0.115. The topological polar surface area (TPSA) is 81.9 Å². The number of nitrogens with zero attached hydrogens (tertiary/aromatic N) is 4. The minimum atomic E-state index is -0.0567.